The van der Waals surface area contributed by atoms with E-state index in [1.165, 1.54) is 0 Å². The molecule has 0 fully saturated rings. The summed E-state index contributed by atoms with van der Waals surface area (Å²) in [6.45, 7) is 1.81. The molecule has 0 spiro atoms. The molecule has 8 heteroatoms. The highest BCUT2D eigenvalue weighted by Gasteiger charge is 2.45. The Hall–Kier alpha value is -2.71. The number of benzene rings is 3. The fourth-order valence-electron chi connectivity index (χ4n) is 2.85. The van der Waals surface area contributed by atoms with Crippen LogP contribution in [0.5, 0.6) is 0 Å². The van der Waals surface area contributed by atoms with Crippen LogP contribution in [0.15, 0.2) is 94.7 Å². The van der Waals surface area contributed by atoms with E-state index in [1.807, 2.05) is 13.0 Å². The number of nitrogens with one attached hydrogen (secondary N) is 1. The molecule has 3 rings (SSSR count). The molecule has 168 valence electrons. The van der Waals surface area contributed by atoms with Gasteiger partial charge >= 0.3 is 6.09 Å². The lowest BCUT2D eigenvalue weighted by atomic mass is 10.2. The first-order valence-corrected chi connectivity index (χ1v) is 12.0. The normalized spacial score (nSPS) is 13.9. The van der Waals surface area contributed by atoms with Crippen LogP contribution < -0.4 is 5.32 Å². The predicted molar refractivity (Wildman–Crippen MR) is 123 cm³/mol. The van der Waals surface area contributed by atoms with Crippen molar-refractivity contribution in [3.05, 3.63) is 96.1 Å². The summed E-state index contributed by atoms with van der Waals surface area (Å²) in [4.78, 5) is 11.3. The average molecular weight is 476 g/mol. The van der Waals surface area contributed by atoms with Crippen LogP contribution in [-0.4, -0.2) is 27.4 Å². The Morgan fingerprint density at radius 1 is 1.00 bits per heavy atom. The molecule has 0 aliphatic carbocycles. The Labute approximate surface area is 192 Å². The number of hydrogen-bond acceptors (Lipinski definition) is 4. The summed E-state index contributed by atoms with van der Waals surface area (Å²) >= 11 is 0.765. The number of alkyl carbamates (subject to hydrolysis) is 1. The highest BCUT2D eigenvalue weighted by atomic mass is 32.2. The van der Waals surface area contributed by atoms with Crippen LogP contribution in [0.3, 0.4) is 0 Å². The van der Waals surface area contributed by atoms with Crippen molar-refractivity contribution in [2.45, 2.75) is 34.6 Å². The van der Waals surface area contributed by atoms with E-state index >= 15 is 0 Å². The van der Waals surface area contributed by atoms with Crippen LogP contribution in [0.25, 0.3) is 0 Å². The SMILES string of the molecule is Cc1ccc([S@](=O)C[C@](NC(=O)OCc2ccccc2)(Sc2ccccc2)C(F)F)cc1. The number of thioether (sulfide) groups is 1. The molecule has 0 aliphatic rings. The second kappa shape index (κ2) is 11.2. The molecule has 32 heavy (non-hydrogen) atoms. The predicted octanol–water partition coefficient (Wildman–Crippen LogP) is 5.78. The first-order valence-electron chi connectivity index (χ1n) is 9.84. The van der Waals surface area contributed by atoms with Crippen molar-refractivity contribution in [2.75, 3.05) is 5.75 Å². The van der Waals surface area contributed by atoms with Crippen LogP contribution in [0, 0.1) is 6.92 Å². The minimum atomic E-state index is -3.01. The van der Waals surface area contributed by atoms with Crippen molar-refractivity contribution >= 4 is 28.7 Å². The minimum Gasteiger partial charge on any atom is -0.445 e. The highest BCUT2D eigenvalue weighted by molar-refractivity contribution is 8.01. The van der Waals surface area contributed by atoms with Gasteiger partial charge in [-0.2, -0.15) is 0 Å². The van der Waals surface area contributed by atoms with Gasteiger partial charge in [0.1, 0.15) is 6.61 Å². The van der Waals surface area contributed by atoms with Crippen molar-refractivity contribution in [1.82, 2.24) is 5.32 Å². The summed E-state index contributed by atoms with van der Waals surface area (Å²) in [5.74, 6) is -0.492. The molecule has 0 aromatic heterocycles. The van der Waals surface area contributed by atoms with Crippen molar-refractivity contribution in [1.29, 1.82) is 0 Å². The number of carbonyl (C=O) groups excluding carboxylic acids is 1. The van der Waals surface area contributed by atoms with E-state index in [9.17, 15) is 17.8 Å². The van der Waals surface area contributed by atoms with E-state index in [0.717, 1.165) is 22.9 Å². The maximum atomic E-state index is 14.5. The van der Waals surface area contributed by atoms with Gasteiger partial charge in [0.15, 0.2) is 4.87 Å². The molecule has 0 radical (unpaired) electrons. The molecular weight excluding hydrogens is 452 g/mol. The van der Waals surface area contributed by atoms with Crippen molar-refractivity contribution in [3.63, 3.8) is 0 Å². The molecule has 0 saturated heterocycles. The number of aryl methyl sites for hydroxylation is 1. The lowest BCUT2D eigenvalue weighted by Gasteiger charge is -2.32. The summed E-state index contributed by atoms with van der Waals surface area (Å²) in [6, 6.07) is 24.2. The van der Waals surface area contributed by atoms with E-state index in [2.05, 4.69) is 5.32 Å². The molecule has 3 aromatic carbocycles. The minimum absolute atomic E-state index is 0.0664. The fourth-order valence-corrected chi connectivity index (χ4v) is 5.54. The highest BCUT2D eigenvalue weighted by Crippen LogP contribution is 2.37. The van der Waals surface area contributed by atoms with Crippen molar-refractivity contribution in [2.24, 2.45) is 0 Å². The summed E-state index contributed by atoms with van der Waals surface area (Å²) in [7, 11) is -1.78. The summed E-state index contributed by atoms with van der Waals surface area (Å²) in [6.07, 6.45) is -4.01. The van der Waals surface area contributed by atoms with Gasteiger partial charge < -0.3 is 10.1 Å². The summed E-state index contributed by atoms with van der Waals surface area (Å²) in [5, 5.41) is 2.32. The lowest BCUT2D eigenvalue weighted by molar-refractivity contribution is 0.0774. The third-order valence-corrected chi connectivity index (χ3v) is 7.55. The zero-order valence-electron chi connectivity index (χ0n) is 17.4. The Bertz CT molecular complexity index is 1030. The number of amides is 1. The Morgan fingerprint density at radius 2 is 1.59 bits per heavy atom. The van der Waals surface area contributed by atoms with Gasteiger partial charge in [-0.1, -0.05) is 78.0 Å². The topological polar surface area (TPSA) is 55.4 Å². The summed E-state index contributed by atoms with van der Waals surface area (Å²) < 4.78 is 47.1. The van der Waals surface area contributed by atoms with Crippen LogP contribution in [0.1, 0.15) is 11.1 Å². The largest absolute Gasteiger partial charge is 0.445 e. The monoisotopic (exact) mass is 475 g/mol. The molecule has 4 nitrogen and oxygen atoms in total. The third-order valence-electron chi connectivity index (χ3n) is 4.55. The molecule has 0 saturated carbocycles. The molecule has 0 heterocycles. The average Bonchev–Trinajstić information content (AvgIpc) is 2.79. The second-order valence-corrected chi connectivity index (χ2v) is 9.95. The number of rotatable bonds is 9. The van der Waals surface area contributed by atoms with Gasteiger partial charge in [0, 0.05) is 9.79 Å². The van der Waals surface area contributed by atoms with Gasteiger partial charge in [-0.25, -0.2) is 13.6 Å². The third kappa shape index (κ3) is 6.64. The molecule has 1 N–H and O–H groups in total. The van der Waals surface area contributed by atoms with Gasteiger partial charge in [-0.15, -0.1) is 0 Å². The van der Waals surface area contributed by atoms with Gasteiger partial charge in [-0.3, -0.25) is 4.21 Å². The number of ether oxygens (including phenoxy) is 1. The molecule has 0 unspecified atom stereocenters. The zero-order valence-corrected chi connectivity index (χ0v) is 19.0. The number of halogens is 2. The van der Waals surface area contributed by atoms with Crippen molar-refractivity contribution < 1.29 is 22.5 Å². The number of alkyl halides is 2. The van der Waals surface area contributed by atoms with E-state index in [0.29, 0.717) is 9.79 Å². The van der Waals surface area contributed by atoms with E-state index < -0.39 is 33.9 Å². The van der Waals surface area contributed by atoms with E-state index in [4.69, 9.17) is 4.74 Å². The maximum Gasteiger partial charge on any atom is 0.408 e. The Balaban J connectivity index is 1.83. The second-order valence-electron chi connectivity index (χ2n) is 7.09. The molecular formula is C24H23F2NO3S2. The lowest BCUT2D eigenvalue weighted by Crippen LogP contribution is -2.55. The first-order chi connectivity index (χ1) is 15.4. The summed E-state index contributed by atoms with van der Waals surface area (Å²) in [5.41, 5.74) is 1.69. The van der Waals surface area contributed by atoms with Crippen LogP contribution in [0.2, 0.25) is 0 Å². The van der Waals surface area contributed by atoms with E-state index in [1.54, 1.807) is 78.9 Å². The smallest absolute Gasteiger partial charge is 0.408 e. The van der Waals surface area contributed by atoms with Gasteiger partial charge in [0.25, 0.3) is 6.43 Å². The fraction of sp³-hybridized carbons (Fsp3) is 0.208. The molecule has 2 atom stereocenters. The molecule has 1 amide bonds. The van der Waals surface area contributed by atoms with Gasteiger partial charge in [-0.05, 0) is 36.8 Å². The van der Waals surface area contributed by atoms with Crippen LogP contribution in [0.4, 0.5) is 13.6 Å². The van der Waals surface area contributed by atoms with Crippen LogP contribution >= 0.6 is 11.8 Å². The van der Waals surface area contributed by atoms with Gasteiger partial charge in [0.2, 0.25) is 0 Å². The Kier molecular flexibility index (Phi) is 8.41. The number of carbonyl (C=O) groups is 1. The van der Waals surface area contributed by atoms with Crippen LogP contribution in [-0.2, 0) is 22.1 Å². The molecule has 3 aromatic rings. The molecule has 0 bridgehead atoms. The quantitative estimate of drug-likeness (QED) is 0.315. The zero-order chi connectivity index (χ0) is 23.0. The maximum absolute atomic E-state index is 14.5. The standard InChI is InChI=1S/C24H23F2NO3S2/c1-18-12-14-21(15-13-18)32(29)17-24(22(25)26,31-20-10-6-3-7-11-20)27-23(28)30-16-19-8-4-2-5-9-19/h2-15,22H,16-17H2,1H3,(H,27,28)/t24-,32+/m0/s1. The molecule has 0 aliphatic heterocycles. The van der Waals surface area contributed by atoms with E-state index in [-0.39, 0.29) is 6.61 Å². The van der Waals surface area contributed by atoms with Crippen molar-refractivity contribution in [3.8, 4) is 0 Å². The Morgan fingerprint density at radius 3 is 2.19 bits per heavy atom. The van der Waals surface area contributed by atoms with Gasteiger partial charge in [0.05, 0.1) is 16.6 Å². The number of hydrogen-bond donors (Lipinski definition) is 1. The first kappa shape index (κ1) is 23.9.